The Bertz CT molecular complexity index is 1020. The minimum atomic E-state index is -2.75. The zero-order chi connectivity index (χ0) is 19.4. The predicted octanol–water partition coefficient (Wildman–Crippen LogP) is 1.15. The van der Waals surface area contributed by atoms with Gasteiger partial charge in [-0.2, -0.15) is 0 Å². The van der Waals surface area contributed by atoms with Crippen LogP contribution in [0.1, 0.15) is 37.9 Å². The molecule has 2 N–H and O–H groups in total. The van der Waals surface area contributed by atoms with Crippen LogP contribution in [0.4, 0.5) is 5.69 Å². The van der Waals surface area contributed by atoms with E-state index < -0.39 is 49.3 Å². The normalized spacial score (nSPS) is 28.5. The number of Topliss-reactive ketones (excluding diaryl/α,β-unsaturated/α-hetero) is 2. The number of fused-ring (bicyclic) bond motifs is 1. The molecular formula is C15H15N3O3. The van der Waals surface area contributed by atoms with Crippen molar-refractivity contribution in [2.75, 3.05) is 5.73 Å². The van der Waals surface area contributed by atoms with Gasteiger partial charge in [0.2, 0.25) is 0 Å². The number of hydrogen-bond donors (Lipinski definition) is 1. The maximum atomic E-state index is 13.1. The molecule has 1 aromatic heterocycles. The van der Waals surface area contributed by atoms with E-state index in [9.17, 15) is 14.4 Å². The molecule has 1 unspecified atom stereocenters. The highest BCUT2D eigenvalue weighted by atomic mass is 16.2. The second kappa shape index (κ2) is 4.80. The van der Waals surface area contributed by atoms with Gasteiger partial charge in [-0.15, -0.1) is 0 Å². The van der Waals surface area contributed by atoms with Crippen molar-refractivity contribution in [3.05, 3.63) is 34.4 Å². The van der Waals surface area contributed by atoms with Gasteiger partial charge in [0.1, 0.15) is 11.6 Å². The van der Waals surface area contributed by atoms with Crippen LogP contribution in [0.15, 0.2) is 23.0 Å². The van der Waals surface area contributed by atoms with Gasteiger partial charge in [-0.25, -0.2) is 4.98 Å². The molecule has 0 radical (unpaired) electrons. The second-order valence-corrected chi connectivity index (χ2v) is 4.66. The van der Waals surface area contributed by atoms with Crippen molar-refractivity contribution in [2.24, 2.45) is 0 Å². The molecule has 21 heavy (non-hydrogen) atoms. The molecule has 2 aromatic rings. The van der Waals surface area contributed by atoms with Crippen molar-refractivity contribution in [2.45, 2.75) is 32.1 Å². The molecule has 1 aliphatic rings. The van der Waals surface area contributed by atoms with E-state index in [-0.39, 0.29) is 28.5 Å². The van der Waals surface area contributed by atoms with E-state index in [0.29, 0.717) is 4.57 Å². The molecule has 3 rings (SSSR count). The number of carbonyl (C=O) groups is 2. The number of nitrogens with zero attached hydrogens (tertiary/aromatic N) is 2. The lowest BCUT2D eigenvalue weighted by atomic mass is 9.92. The van der Waals surface area contributed by atoms with Crippen LogP contribution in [0, 0.1) is 6.90 Å². The Balaban J connectivity index is 2.46. The number of carbonyl (C=O) groups excluding carboxylic acids is 2. The summed E-state index contributed by atoms with van der Waals surface area (Å²) in [5.74, 6) is -2.04. The average Bonchev–Trinajstić information content (AvgIpc) is 2.55. The molecule has 0 spiro atoms. The molecule has 1 atom stereocenters. The summed E-state index contributed by atoms with van der Waals surface area (Å²) in [6, 6.07) is -0.229. The van der Waals surface area contributed by atoms with E-state index in [1.54, 1.807) is 0 Å². The van der Waals surface area contributed by atoms with Gasteiger partial charge in [-0.1, -0.05) is 6.07 Å². The number of hydrogen-bond acceptors (Lipinski definition) is 5. The summed E-state index contributed by atoms with van der Waals surface area (Å²) >= 11 is 0. The molecule has 1 fully saturated rings. The summed E-state index contributed by atoms with van der Waals surface area (Å²) in [6.45, 7) is -0.592. The number of nitrogens with two attached hydrogens (primary N) is 1. The first-order valence-corrected chi connectivity index (χ1v) is 6.20. The van der Waals surface area contributed by atoms with E-state index in [4.69, 9.17) is 12.6 Å². The standard InChI is InChI=1S/C15H15N3O3/c1-8-17-11-4-2-3-10(16)14(11)15(21)18(8)12-6-5-9(19)7-13(12)20/h2-4,12H,5-7,16H2,1H3/i1D,3D,6D2,12D. The van der Waals surface area contributed by atoms with Gasteiger partial charge in [0, 0.05) is 16.2 Å². The Labute approximate surface area is 127 Å². The first-order valence-electron chi connectivity index (χ1n) is 8.90. The lowest BCUT2D eigenvalue weighted by Gasteiger charge is -2.24. The number of aromatic nitrogens is 2. The number of aryl methyl sites for hydroxylation is 1. The Morgan fingerprint density at radius 2 is 2.38 bits per heavy atom. The second-order valence-electron chi connectivity index (χ2n) is 4.66. The van der Waals surface area contributed by atoms with E-state index in [2.05, 4.69) is 4.98 Å². The molecule has 6 heteroatoms. The van der Waals surface area contributed by atoms with Gasteiger partial charge in [0.15, 0.2) is 5.78 Å². The van der Waals surface area contributed by atoms with Crippen LogP contribution in [-0.4, -0.2) is 21.1 Å². The maximum Gasteiger partial charge on any atom is 0.264 e. The molecule has 0 amide bonds. The van der Waals surface area contributed by atoms with Crippen molar-refractivity contribution in [1.82, 2.24) is 9.55 Å². The highest BCUT2D eigenvalue weighted by molar-refractivity contribution is 6.03. The van der Waals surface area contributed by atoms with Crippen molar-refractivity contribution in [3.8, 4) is 0 Å². The summed E-state index contributed by atoms with van der Waals surface area (Å²) in [5.41, 5.74) is 4.69. The van der Waals surface area contributed by atoms with Crippen LogP contribution >= 0.6 is 0 Å². The molecule has 6 nitrogen and oxygen atoms in total. The topological polar surface area (TPSA) is 95.0 Å². The minimum absolute atomic E-state index is 0.0884. The van der Waals surface area contributed by atoms with Crippen molar-refractivity contribution in [3.63, 3.8) is 0 Å². The molecule has 1 saturated carbocycles. The molecule has 1 heterocycles. The van der Waals surface area contributed by atoms with Gasteiger partial charge in [0.05, 0.1) is 26.1 Å². The van der Waals surface area contributed by atoms with Gasteiger partial charge >= 0.3 is 0 Å². The van der Waals surface area contributed by atoms with Gasteiger partial charge < -0.3 is 5.73 Å². The van der Waals surface area contributed by atoms with E-state index >= 15 is 0 Å². The molecule has 0 bridgehead atoms. The zero-order valence-electron chi connectivity index (χ0n) is 16.0. The van der Waals surface area contributed by atoms with Gasteiger partial charge in [0.25, 0.3) is 5.56 Å². The minimum Gasteiger partial charge on any atom is -0.398 e. The Morgan fingerprint density at radius 1 is 1.57 bits per heavy atom. The molecule has 0 aliphatic heterocycles. The van der Waals surface area contributed by atoms with Crippen molar-refractivity contribution >= 4 is 28.2 Å². The van der Waals surface area contributed by atoms with Crippen LogP contribution in [0.2, 0.25) is 0 Å². The molecule has 1 aromatic carbocycles. The summed E-state index contributed by atoms with van der Waals surface area (Å²) in [5, 5.41) is -0.221. The summed E-state index contributed by atoms with van der Waals surface area (Å²) in [6.07, 6.45) is -4.06. The van der Waals surface area contributed by atoms with E-state index in [1.807, 2.05) is 0 Å². The Kier molecular flexibility index (Phi) is 1.99. The van der Waals surface area contributed by atoms with Crippen molar-refractivity contribution in [1.29, 1.82) is 0 Å². The first kappa shape index (κ1) is 8.71. The average molecular weight is 290 g/mol. The van der Waals surface area contributed by atoms with Gasteiger partial charge in [-0.3, -0.25) is 19.0 Å². The first-order chi connectivity index (χ1) is 12.0. The van der Waals surface area contributed by atoms with Crippen LogP contribution < -0.4 is 11.3 Å². The molecular weight excluding hydrogens is 270 g/mol. The number of benzene rings is 1. The number of ketones is 2. The molecule has 0 saturated heterocycles. The Hall–Kier alpha value is -2.50. The third-order valence-electron chi connectivity index (χ3n) is 3.23. The third kappa shape index (κ3) is 2.12. The molecule has 1 aliphatic carbocycles. The van der Waals surface area contributed by atoms with E-state index in [0.717, 1.165) is 0 Å². The smallest absolute Gasteiger partial charge is 0.264 e. The fourth-order valence-corrected chi connectivity index (χ4v) is 2.28. The van der Waals surface area contributed by atoms with Crippen LogP contribution in [-0.2, 0) is 9.59 Å². The number of nitrogen functional groups attached to an aromatic ring is 1. The van der Waals surface area contributed by atoms with Crippen LogP contribution in [0.5, 0.6) is 0 Å². The summed E-state index contributed by atoms with van der Waals surface area (Å²) in [7, 11) is 0. The quantitative estimate of drug-likeness (QED) is 0.628. The maximum absolute atomic E-state index is 13.1. The SMILES string of the molecule is [2H]Cc1nc2ccc([2H])c(N)c2c(=O)n1C1([2H])C(=O)CC(=O)CC1([2H])[2H]. The predicted molar refractivity (Wildman–Crippen MR) is 78.1 cm³/mol. The Morgan fingerprint density at radius 3 is 3.10 bits per heavy atom. The highest BCUT2D eigenvalue weighted by Gasteiger charge is 2.30. The zero-order valence-corrected chi connectivity index (χ0v) is 11.0. The fraction of sp³-hybridized carbons (Fsp3) is 0.333. The monoisotopic (exact) mass is 290 g/mol. The summed E-state index contributed by atoms with van der Waals surface area (Å²) < 4.78 is 40.5. The largest absolute Gasteiger partial charge is 0.398 e. The third-order valence-corrected chi connectivity index (χ3v) is 3.23. The lowest BCUT2D eigenvalue weighted by Crippen LogP contribution is -2.36. The number of rotatable bonds is 1. The highest BCUT2D eigenvalue weighted by Crippen LogP contribution is 2.24. The van der Waals surface area contributed by atoms with Crippen LogP contribution in [0.25, 0.3) is 10.9 Å². The van der Waals surface area contributed by atoms with Crippen molar-refractivity contribution < 1.29 is 16.4 Å². The van der Waals surface area contributed by atoms with Crippen LogP contribution in [0.3, 0.4) is 0 Å². The molecule has 108 valence electrons. The lowest BCUT2D eigenvalue weighted by molar-refractivity contribution is -0.132. The fourth-order valence-electron chi connectivity index (χ4n) is 2.28. The van der Waals surface area contributed by atoms with E-state index in [1.165, 1.54) is 12.1 Å². The summed E-state index contributed by atoms with van der Waals surface area (Å²) in [4.78, 5) is 41.3. The van der Waals surface area contributed by atoms with Gasteiger partial charge in [-0.05, 0) is 25.4 Å². The number of anilines is 1.